The normalized spacial score (nSPS) is 19.3. The average Bonchev–Trinajstić information content (AvgIpc) is 2.74. The van der Waals surface area contributed by atoms with Crippen LogP contribution in [0.15, 0.2) is 48.5 Å². The molecule has 2 aliphatic rings. The van der Waals surface area contributed by atoms with E-state index in [9.17, 15) is 14.4 Å². The molecule has 2 heterocycles. The lowest BCUT2D eigenvalue weighted by Crippen LogP contribution is -2.50. The summed E-state index contributed by atoms with van der Waals surface area (Å²) in [6.45, 7) is 1.71. The second kappa shape index (κ2) is 8.28. The van der Waals surface area contributed by atoms with E-state index in [4.69, 9.17) is 0 Å². The summed E-state index contributed by atoms with van der Waals surface area (Å²) in [6.07, 6.45) is 1.11. The summed E-state index contributed by atoms with van der Waals surface area (Å²) in [4.78, 5) is 42.5. The molecule has 7 nitrogen and oxygen atoms in total. The highest BCUT2D eigenvalue weighted by atomic mass is 16.2. The quantitative estimate of drug-likeness (QED) is 0.845. The molecule has 1 saturated heterocycles. The molecular formula is C23H26N4O3. The molecule has 0 radical (unpaired) electrons. The largest absolute Gasteiger partial charge is 0.340 e. The summed E-state index contributed by atoms with van der Waals surface area (Å²) in [6, 6.07) is 15.2. The molecule has 2 aliphatic heterocycles. The third-order valence-corrected chi connectivity index (χ3v) is 5.93. The van der Waals surface area contributed by atoms with Crippen LogP contribution in [0.5, 0.6) is 0 Å². The Bertz CT molecular complexity index is 990. The van der Waals surface area contributed by atoms with Gasteiger partial charge in [0, 0.05) is 39.1 Å². The minimum Gasteiger partial charge on any atom is -0.340 e. The van der Waals surface area contributed by atoms with Gasteiger partial charge in [0.15, 0.2) is 0 Å². The number of imide groups is 1. The first-order valence-corrected chi connectivity index (χ1v) is 10.2. The van der Waals surface area contributed by atoms with E-state index in [2.05, 4.69) is 41.5 Å². The number of carbonyl (C=O) groups excluding carboxylic acids is 3. The van der Waals surface area contributed by atoms with Gasteiger partial charge in [-0.2, -0.15) is 0 Å². The lowest BCUT2D eigenvalue weighted by molar-refractivity contribution is -0.120. The number of benzene rings is 2. The van der Waals surface area contributed by atoms with Crippen LogP contribution >= 0.6 is 0 Å². The number of likely N-dealkylation sites (N-methyl/N-ethyl adjacent to an activating group) is 2. The van der Waals surface area contributed by atoms with E-state index in [0.717, 1.165) is 13.0 Å². The molecule has 2 aromatic carbocycles. The van der Waals surface area contributed by atoms with Gasteiger partial charge in [-0.15, -0.1) is 0 Å². The average molecular weight is 406 g/mol. The maximum atomic E-state index is 13.3. The summed E-state index contributed by atoms with van der Waals surface area (Å²) in [5, 5.41) is 2.32. The Balaban J connectivity index is 1.51. The van der Waals surface area contributed by atoms with Crippen molar-refractivity contribution in [1.29, 1.82) is 0 Å². The zero-order valence-electron chi connectivity index (χ0n) is 17.3. The first-order chi connectivity index (χ1) is 14.4. The van der Waals surface area contributed by atoms with Crippen LogP contribution in [0.2, 0.25) is 0 Å². The number of hydrogen-bond donors (Lipinski definition) is 1. The van der Waals surface area contributed by atoms with Gasteiger partial charge >= 0.3 is 6.03 Å². The number of para-hydroxylation sites is 1. The molecule has 4 amide bonds. The van der Waals surface area contributed by atoms with Crippen molar-refractivity contribution in [3.8, 4) is 0 Å². The van der Waals surface area contributed by atoms with Crippen molar-refractivity contribution in [2.24, 2.45) is 0 Å². The van der Waals surface area contributed by atoms with E-state index in [1.807, 2.05) is 0 Å². The van der Waals surface area contributed by atoms with Gasteiger partial charge in [0.05, 0.1) is 11.3 Å². The van der Waals surface area contributed by atoms with Gasteiger partial charge in [-0.25, -0.2) is 4.79 Å². The molecule has 156 valence electrons. The Morgan fingerprint density at radius 1 is 1.10 bits per heavy atom. The molecule has 0 bridgehead atoms. The van der Waals surface area contributed by atoms with Crippen LogP contribution in [-0.4, -0.2) is 60.9 Å². The van der Waals surface area contributed by atoms with Gasteiger partial charge in [0.25, 0.3) is 5.91 Å². The van der Waals surface area contributed by atoms with Crippen LogP contribution < -0.4 is 10.2 Å². The van der Waals surface area contributed by atoms with E-state index >= 15 is 0 Å². The number of nitrogens with zero attached hydrogens (tertiary/aromatic N) is 3. The number of fused-ring (bicyclic) bond motifs is 1. The van der Waals surface area contributed by atoms with Gasteiger partial charge < -0.3 is 4.90 Å². The molecule has 1 unspecified atom stereocenters. The zero-order chi connectivity index (χ0) is 21.3. The molecule has 0 aromatic heterocycles. The molecule has 2 aromatic rings. The smallest absolute Gasteiger partial charge is 0.328 e. The number of nitrogens with one attached hydrogen (secondary N) is 1. The molecule has 0 aliphatic carbocycles. The van der Waals surface area contributed by atoms with Crippen LogP contribution in [0.1, 0.15) is 27.9 Å². The minimum absolute atomic E-state index is 0.137. The minimum atomic E-state index is -0.488. The highest BCUT2D eigenvalue weighted by Crippen LogP contribution is 2.26. The Morgan fingerprint density at radius 2 is 1.80 bits per heavy atom. The standard InChI is InChI=1S/C23H26N4O3/c1-25-14-17-8-4-3-7-16(17)13-18(25)15-26(2)22(29)19-9-5-6-10-20(19)27-12-11-21(28)24-23(27)30/h3-10,18H,11-15H2,1-2H3,(H,24,28,30). The molecule has 0 spiro atoms. The second-order valence-electron chi connectivity index (χ2n) is 8.00. The Labute approximate surface area is 176 Å². The summed E-state index contributed by atoms with van der Waals surface area (Å²) >= 11 is 0. The molecule has 4 rings (SSSR count). The highest BCUT2D eigenvalue weighted by molar-refractivity contribution is 6.09. The SMILES string of the molecule is CN(CC1Cc2ccccc2CN1C)C(=O)c1ccccc1N1CCC(=O)NC1=O. The van der Waals surface area contributed by atoms with Gasteiger partial charge in [-0.3, -0.25) is 24.7 Å². The van der Waals surface area contributed by atoms with E-state index in [-0.39, 0.29) is 30.8 Å². The van der Waals surface area contributed by atoms with Crippen LogP contribution in [0.25, 0.3) is 0 Å². The molecule has 0 saturated carbocycles. The fraction of sp³-hybridized carbons (Fsp3) is 0.348. The van der Waals surface area contributed by atoms with Crippen LogP contribution in [-0.2, 0) is 17.8 Å². The molecule has 1 atom stereocenters. The van der Waals surface area contributed by atoms with Gasteiger partial charge in [-0.1, -0.05) is 36.4 Å². The third-order valence-electron chi connectivity index (χ3n) is 5.93. The maximum absolute atomic E-state index is 13.3. The molecular weight excluding hydrogens is 380 g/mol. The lowest BCUT2D eigenvalue weighted by atomic mass is 9.94. The lowest BCUT2D eigenvalue weighted by Gasteiger charge is -2.36. The van der Waals surface area contributed by atoms with E-state index in [1.54, 1.807) is 36.2 Å². The third kappa shape index (κ3) is 3.93. The first-order valence-electron chi connectivity index (χ1n) is 10.2. The summed E-state index contributed by atoms with van der Waals surface area (Å²) < 4.78 is 0. The van der Waals surface area contributed by atoms with Crippen molar-refractivity contribution in [1.82, 2.24) is 15.1 Å². The predicted molar refractivity (Wildman–Crippen MR) is 114 cm³/mol. The zero-order valence-corrected chi connectivity index (χ0v) is 17.3. The highest BCUT2D eigenvalue weighted by Gasteiger charge is 2.30. The number of carbonyl (C=O) groups is 3. The number of anilines is 1. The topological polar surface area (TPSA) is 73.0 Å². The van der Waals surface area contributed by atoms with Crippen molar-refractivity contribution >= 4 is 23.5 Å². The summed E-state index contributed by atoms with van der Waals surface area (Å²) in [7, 11) is 3.88. The molecule has 1 N–H and O–H groups in total. The maximum Gasteiger partial charge on any atom is 0.328 e. The molecule has 1 fully saturated rings. The van der Waals surface area contributed by atoms with Crippen LogP contribution in [0, 0.1) is 0 Å². The van der Waals surface area contributed by atoms with Crippen molar-refractivity contribution in [3.63, 3.8) is 0 Å². The summed E-state index contributed by atoms with van der Waals surface area (Å²) in [5.41, 5.74) is 3.66. The molecule has 7 heteroatoms. The van der Waals surface area contributed by atoms with Gasteiger partial charge in [0.2, 0.25) is 5.91 Å². The second-order valence-corrected chi connectivity index (χ2v) is 8.00. The van der Waals surface area contributed by atoms with Crippen molar-refractivity contribution in [2.45, 2.75) is 25.4 Å². The van der Waals surface area contributed by atoms with Crippen LogP contribution in [0.4, 0.5) is 10.5 Å². The first kappa shape index (κ1) is 20.1. The van der Waals surface area contributed by atoms with Crippen molar-refractivity contribution < 1.29 is 14.4 Å². The number of urea groups is 1. The number of amides is 4. The molecule has 30 heavy (non-hydrogen) atoms. The van der Waals surface area contributed by atoms with Gasteiger partial charge in [-0.05, 0) is 36.7 Å². The monoisotopic (exact) mass is 406 g/mol. The van der Waals surface area contributed by atoms with E-state index < -0.39 is 6.03 Å². The van der Waals surface area contributed by atoms with Gasteiger partial charge in [0.1, 0.15) is 0 Å². The summed E-state index contributed by atoms with van der Waals surface area (Å²) in [5.74, 6) is -0.430. The van der Waals surface area contributed by atoms with E-state index in [1.165, 1.54) is 16.0 Å². The van der Waals surface area contributed by atoms with Crippen molar-refractivity contribution in [2.75, 3.05) is 32.1 Å². The van der Waals surface area contributed by atoms with Crippen LogP contribution in [0.3, 0.4) is 0 Å². The number of hydrogen-bond acceptors (Lipinski definition) is 4. The Morgan fingerprint density at radius 3 is 2.57 bits per heavy atom. The fourth-order valence-corrected chi connectivity index (χ4v) is 4.21. The van der Waals surface area contributed by atoms with E-state index in [0.29, 0.717) is 17.8 Å². The fourth-order valence-electron chi connectivity index (χ4n) is 4.21. The number of rotatable bonds is 4. The Kier molecular flexibility index (Phi) is 5.55. The van der Waals surface area contributed by atoms with Crippen molar-refractivity contribution in [3.05, 3.63) is 65.2 Å². The predicted octanol–water partition coefficient (Wildman–Crippen LogP) is 2.26. The Hall–Kier alpha value is -3.19.